The number of amides is 1. The van der Waals surface area contributed by atoms with E-state index in [4.69, 9.17) is 0 Å². The van der Waals surface area contributed by atoms with Gasteiger partial charge in [-0.05, 0) is 61.1 Å². The molecule has 6 heteroatoms. The molecule has 2 aromatic rings. The number of carbonyl (C=O) groups is 1. The maximum Gasteiger partial charge on any atom is 0.261 e. The van der Waals surface area contributed by atoms with E-state index in [0.717, 1.165) is 43.5 Å². The molecule has 1 aliphatic heterocycles. The molecule has 2 aromatic carbocycles. The van der Waals surface area contributed by atoms with Gasteiger partial charge < -0.3 is 4.90 Å². The Labute approximate surface area is 161 Å². The Morgan fingerprint density at radius 2 is 1.56 bits per heavy atom. The molecular weight excluding hydrogens is 360 g/mol. The van der Waals surface area contributed by atoms with Gasteiger partial charge in [-0.25, -0.2) is 8.42 Å². The van der Waals surface area contributed by atoms with Crippen molar-refractivity contribution in [3.8, 4) is 0 Å². The summed E-state index contributed by atoms with van der Waals surface area (Å²) in [4.78, 5) is 14.3. The minimum absolute atomic E-state index is 0.202. The number of benzene rings is 2. The normalized spacial score (nSPS) is 14.3. The Morgan fingerprint density at radius 1 is 0.963 bits per heavy atom. The summed E-state index contributed by atoms with van der Waals surface area (Å²) < 4.78 is 27.6. The van der Waals surface area contributed by atoms with Crippen molar-refractivity contribution < 1.29 is 13.2 Å². The van der Waals surface area contributed by atoms with Gasteiger partial charge in [0.1, 0.15) is 0 Å². The molecule has 1 heterocycles. The molecule has 0 bridgehead atoms. The second kappa shape index (κ2) is 8.57. The Bertz CT molecular complexity index is 869. The van der Waals surface area contributed by atoms with Crippen LogP contribution in [0.4, 0.5) is 5.69 Å². The van der Waals surface area contributed by atoms with E-state index in [1.165, 1.54) is 0 Å². The van der Waals surface area contributed by atoms with Crippen LogP contribution in [0, 0.1) is 0 Å². The Balaban J connectivity index is 1.58. The van der Waals surface area contributed by atoms with E-state index in [0.29, 0.717) is 18.5 Å². The molecule has 1 N–H and O–H groups in total. The van der Waals surface area contributed by atoms with E-state index < -0.39 is 10.0 Å². The Hall–Kier alpha value is -2.34. The SMILES string of the molecule is CCc1ccc(S(=O)(=O)Nc2ccc(CCC(=O)N3CCCC3)cc2)cc1. The Kier molecular flexibility index (Phi) is 6.16. The quantitative estimate of drug-likeness (QED) is 0.791. The summed E-state index contributed by atoms with van der Waals surface area (Å²) >= 11 is 0. The first-order valence-electron chi connectivity index (χ1n) is 9.46. The van der Waals surface area contributed by atoms with Crippen LogP contribution in [-0.2, 0) is 27.7 Å². The van der Waals surface area contributed by atoms with Crippen LogP contribution in [0.5, 0.6) is 0 Å². The number of hydrogen-bond donors (Lipinski definition) is 1. The number of carbonyl (C=O) groups excluding carboxylic acids is 1. The fourth-order valence-corrected chi connectivity index (χ4v) is 4.29. The molecule has 1 amide bonds. The number of anilines is 1. The average molecular weight is 387 g/mol. The first-order chi connectivity index (χ1) is 13.0. The summed E-state index contributed by atoms with van der Waals surface area (Å²) in [7, 11) is -3.60. The van der Waals surface area contributed by atoms with Crippen LogP contribution >= 0.6 is 0 Å². The third-order valence-corrected chi connectivity index (χ3v) is 6.33. The molecule has 0 aliphatic carbocycles. The van der Waals surface area contributed by atoms with Crippen molar-refractivity contribution in [3.63, 3.8) is 0 Å². The lowest BCUT2D eigenvalue weighted by Crippen LogP contribution is -2.27. The van der Waals surface area contributed by atoms with E-state index in [2.05, 4.69) is 4.72 Å². The van der Waals surface area contributed by atoms with Crippen molar-refractivity contribution in [1.29, 1.82) is 0 Å². The van der Waals surface area contributed by atoms with Gasteiger partial charge in [-0.2, -0.15) is 0 Å². The van der Waals surface area contributed by atoms with E-state index in [9.17, 15) is 13.2 Å². The van der Waals surface area contributed by atoms with Crippen LogP contribution in [0.25, 0.3) is 0 Å². The van der Waals surface area contributed by atoms with Gasteiger partial charge in [0.2, 0.25) is 5.91 Å². The van der Waals surface area contributed by atoms with Gasteiger partial charge in [-0.1, -0.05) is 31.2 Å². The van der Waals surface area contributed by atoms with E-state index >= 15 is 0 Å². The second-order valence-electron chi connectivity index (χ2n) is 6.89. The van der Waals surface area contributed by atoms with Crippen LogP contribution in [0.15, 0.2) is 53.4 Å². The Morgan fingerprint density at radius 3 is 2.15 bits per heavy atom. The number of rotatable bonds is 7. The third-order valence-electron chi connectivity index (χ3n) is 4.93. The largest absolute Gasteiger partial charge is 0.343 e. The van der Waals surface area contributed by atoms with E-state index in [1.54, 1.807) is 24.3 Å². The monoisotopic (exact) mass is 386 g/mol. The first-order valence-corrected chi connectivity index (χ1v) is 10.9. The highest BCUT2D eigenvalue weighted by atomic mass is 32.2. The maximum atomic E-state index is 12.5. The molecule has 3 rings (SSSR count). The number of aryl methyl sites for hydroxylation is 2. The molecule has 0 radical (unpaired) electrons. The average Bonchev–Trinajstić information content (AvgIpc) is 3.22. The predicted octanol–water partition coefficient (Wildman–Crippen LogP) is 3.60. The smallest absolute Gasteiger partial charge is 0.261 e. The van der Waals surface area contributed by atoms with E-state index in [-0.39, 0.29) is 10.8 Å². The standard InChI is InChI=1S/C21H26N2O3S/c1-2-17-7-12-20(13-8-17)27(25,26)22-19-10-5-18(6-11-19)9-14-21(24)23-15-3-4-16-23/h5-8,10-13,22H,2-4,9,14-16H2,1H3. The maximum absolute atomic E-state index is 12.5. The number of likely N-dealkylation sites (tertiary alicyclic amines) is 1. The van der Waals surface area contributed by atoms with Gasteiger partial charge in [0, 0.05) is 25.2 Å². The fraction of sp³-hybridized carbons (Fsp3) is 0.381. The summed E-state index contributed by atoms with van der Waals surface area (Å²) in [6.07, 6.45) is 4.23. The summed E-state index contributed by atoms with van der Waals surface area (Å²) in [6.45, 7) is 3.78. The lowest BCUT2D eigenvalue weighted by molar-refractivity contribution is -0.130. The molecule has 1 fully saturated rings. The molecule has 5 nitrogen and oxygen atoms in total. The summed E-state index contributed by atoms with van der Waals surface area (Å²) in [6, 6.07) is 14.1. The zero-order valence-electron chi connectivity index (χ0n) is 15.6. The highest BCUT2D eigenvalue weighted by Gasteiger charge is 2.17. The van der Waals surface area contributed by atoms with Crippen molar-refractivity contribution >= 4 is 21.6 Å². The predicted molar refractivity (Wildman–Crippen MR) is 107 cm³/mol. The third kappa shape index (κ3) is 5.10. The minimum Gasteiger partial charge on any atom is -0.343 e. The van der Waals surface area contributed by atoms with Gasteiger partial charge in [0.15, 0.2) is 0 Å². The topological polar surface area (TPSA) is 66.5 Å². The van der Waals surface area contributed by atoms with Crippen molar-refractivity contribution in [2.45, 2.75) is 43.9 Å². The second-order valence-corrected chi connectivity index (χ2v) is 8.57. The lowest BCUT2D eigenvalue weighted by atomic mass is 10.1. The molecule has 1 saturated heterocycles. The molecule has 0 atom stereocenters. The fourth-order valence-electron chi connectivity index (χ4n) is 3.23. The highest BCUT2D eigenvalue weighted by Crippen LogP contribution is 2.18. The van der Waals surface area contributed by atoms with Crippen molar-refractivity contribution in [2.24, 2.45) is 0 Å². The van der Waals surface area contributed by atoms with Crippen LogP contribution in [-0.4, -0.2) is 32.3 Å². The molecular formula is C21H26N2O3S. The van der Waals surface area contributed by atoms with Crippen LogP contribution in [0.3, 0.4) is 0 Å². The van der Waals surface area contributed by atoms with Crippen LogP contribution in [0.1, 0.15) is 37.3 Å². The summed E-state index contributed by atoms with van der Waals surface area (Å²) in [5.74, 6) is 0.202. The summed E-state index contributed by atoms with van der Waals surface area (Å²) in [5, 5.41) is 0. The minimum atomic E-state index is -3.60. The summed E-state index contributed by atoms with van der Waals surface area (Å²) in [5.41, 5.74) is 2.64. The molecule has 144 valence electrons. The molecule has 27 heavy (non-hydrogen) atoms. The zero-order chi connectivity index (χ0) is 19.3. The van der Waals surface area contributed by atoms with Crippen LogP contribution < -0.4 is 4.72 Å². The molecule has 0 unspecified atom stereocenters. The van der Waals surface area contributed by atoms with Gasteiger partial charge in [-0.15, -0.1) is 0 Å². The van der Waals surface area contributed by atoms with Crippen LogP contribution in [0.2, 0.25) is 0 Å². The highest BCUT2D eigenvalue weighted by molar-refractivity contribution is 7.92. The van der Waals surface area contributed by atoms with E-state index in [1.807, 2.05) is 36.1 Å². The number of hydrogen-bond acceptors (Lipinski definition) is 3. The van der Waals surface area contributed by atoms with Gasteiger partial charge in [0.05, 0.1) is 4.90 Å². The van der Waals surface area contributed by atoms with Crippen molar-refractivity contribution in [3.05, 3.63) is 59.7 Å². The van der Waals surface area contributed by atoms with Gasteiger partial charge in [0.25, 0.3) is 10.0 Å². The molecule has 1 aliphatic rings. The van der Waals surface area contributed by atoms with Crippen molar-refractivity contribution in [1.82, 2.24) is 4.90 Å². The first kappa shape index (κ1) is 19.4. The lowest BCUT2D eigenvalue weighted by Gasteiger charge is -2.15. The number of sulfonamides is 1. The number of nitrogens with one attached hydrogen (secondary N) is 1. The number of nitrogens with zero attached hydrogens (tertiary/aromatic N) is 1. The molecule has 0 saturated carbocycles. The zero-order valence-corrected chi connectivity index (χ0v) is 16.5. The molecule has 0 aromatic heterocycles. The van der Waals surface area contributed by atoms with Gasteiger partial charge in [-0.3, -0.25) is 9.52 Å². The van der Waals surface area contributed by atoms with Gasteiger partial charge >= 0.3 is 0 Å². The molecule has 0 spiro atoms. The van der Waals surface area contributed by atoms with Crippen molar-refractivity contribution in [2.75, 3.05) is 17.8 Å².